The lowest BCUT2D eigenvalue weighted by Gasteiger charge is -2.46. The monoisotopic (exact) mass is 576 g/mol. The van der Waals surface area contributed by atoms with Crippen LogP contribution in [0.1, 0.15) is 53.4 Å². The number of aromatic nitrogens is 6. The van der Waals surface area contributed by atoms with Crippen LogP contribution in [0.5, 0.6) is 0 Å². The number of allylic oxidation sites excluding steroid dienone is 1. The first-order chi connectivity index (χ1) is 19.7. The molecule has 0 aromatic carbocycles. The van der Waals surface area contributed by atoms with Gasteiger partial charge in [0.25, 0.3) is 0 Å². The van der Waals surface area contributed by atoms with Crippen LogP contribution in [0.2, 0.25) is 5.02 Å². The summed E-state index contributed by atoms with van der Waals surface area (Å²) in [5.74, 6) is 1.86. The van der Waals surface area contributed by atoms with E-state index in [2.05, 4.69) is 63.8 Å². The summed E-state index contributed by atoms with van der Waals surface area (Å²) in [4.78, 5) is 33.9. The highest BCUT2D eigenvalue weighted by Crippen LogP contribution is 2.38. The molecule has 4 aromatic rings. The SMILES string of the molecule is C=C(C)N1C[C@@H](C)N(c2nc3cc(-c4noc(=O)[nH]4)nc(-c4cncc(Cl)c4)c3n2C[C@H]2CC[C@H](C)CC2)[C@H](C)C1. The molecule has 0 bridgehead atoms. The highest BCUT2D eigenvalue weighted by molar-refractivity contribution is 6.30. The molecule has 1 saturated carbocycles. The van der Waals surface area contributed by atoms with Crippen LogP contribution in [0.4, 0.5) is 5.95 Å². The van der Waals surface area contributed by atoms with Crippen molar-refractivity contribution in [2.24, 2.45) is 11.8 Å². The highest BCUT2D eigenvalue weighted by Gasteiger charge is 2.34. The van der Waals surface area contributed by atoms with Gasteiger partial charge in [-0.3, -0.25) is 14.5 Å². The lowest BCUT2D eigenvalue weighted by Crippen LogP contribution is -2.57. The first kappa shape index (κ1) is 27.5. The Morgan fingerprint density at radius 3 is 2.46 bits per heavy atom. The zero-order valence-corrected chi connectivity index (χ0v) is 24.9. The molecule has 2 aliphatic rings. The van der Waals surface area contributed by atoms with Crippen LogP contribution in [0, 0.1) is 11.8 Å². The van der Waals surface area contributed by atoms with Crippen molar-refractivity contribution < 1.29 is 4.52 Å². The summed E-state index contributed by atoms with van der Waals surface area (Å²) in [5, 5.41) is 4.42. The van der Waals surface area contributed by atoms with Gasteiger partial charge in [0, 0.05) is 55.4 Å². The second-order valence-corrected chi connectivity index (χ2v) is 12.4. The Morgan fingerprint density at radius 2 is 1.83 bits per heavy atom. The Balaban J connectivity index is 1.57. The normalized spacial score (nSPS) is 23.3. The van der Waals surface area contributed by atoms with Crippen LogP contribution in [0.25, 0.3) is 33.8 Å². The number of rotatable bonds is 6. The summed E-state index contributed by atoms with van der Waals surface area (Å²) < 4.78 is 7.18. The number of H-pyrrole nitrogens is 1. The average Bonchev–Trinajstić information content (AvgIpc) is 3.52. The third-order valence-corrected chi connectivity index (χ3v) is 8.84. The molecule has 11 heteroatoms. The molecule has 0 amide bonds. The number of piperazine rings is 1. The molecule has 4 aromatic heterocycles. The first-order valence-corrected chi connectivity index (χ1v) is 14.8. The summed E-state index contributed by atoms with van der Waals surface area (Å²) in [6.45, 7) is 15.7. The molecule has 10 nitrogen and oxygen atoms in total. The lowest BCUT2D eigenvalue weighted by atomic mass is 9.83. The highest BCUT2D eigenvalue weighted by atomic mass is 35.5. The van der Waals surface area contributed by atoms with Crippen molar-refractivity contribution in [2.75, 3.05) is 18.0 Å². The molecule has 0 radical (unpaired) electrons. The zero-order valence-electron chi connectivity index (χ0n) is 24.1. The van der Waals surface area contributed by atoms with Crippen molar-refractivity contribution >= 4 is 28.6 Å². The summed E-state index contributed by atoms with van der Waals surface area (Å²) in [5.41, 5.74) is 4.72. The molecule has 6 rings (SSSR count). The Bertz CT molecular complexity index is 1620. The Hall–Kier alpha value is -3.66. The van der Waals surface area contributed by atoms with Crippen LogP contribution < -0.4 is 10.7 Å². The van der Waals surface area contributed by atoms with Crippen molar-refractivity contribution in [1.82, 2.24) is 34.6 Å². The Kier molecular flexibility index (Phi) is 7.36. The fourth-order valence-corrected chi connectivity index (χ4v) is 6.69. The summed E-state index contributed by atoms with van der Waals surface area (Å²) in [7, 11) is 0. The number of imidazole rings is 1. The molecule has 1 N–H and O–H groups in total. The van der Waals surface area contributed by atoms with Crippen molar-refractivity contribution in [3.05, 3.63) is 52.4 Å². The number of pyridine rings is 2. The Labute approximate surface area is 244 Å². The van der Waals surface area contributed by atoms with E-state index >= 15 is 0 Å². The fourth-order valence-electron chi connectivity index (χ4n) is 6.52. The van der Waals surface area contributed by atoms with Crippen molar-refractivity contribution in [1.29, 1.82) is 0 Å². The van der Waals surface area contributed by atoms with Gasteiger partial charge in [-0.1, -0.05) is 43.1 Å². The maximum atomic E-state index is 11.8. The minimum absolute atomic E-state index is 0.216. The van der Waals surface area contributed by atoms with Crippen LogP contribution in [0.15, 0.2) is 46.1 Å². The van der Waals surface area contributed by atoms with Gasteiger partial charge >= 0.3 is 5.76 Å². The van der Waals surface area contributed by atoms with Gasteiger partial charge < -0.3 is 14.4 Å². The van der Waals surface area contributed by atoms with E-state index in [1.165, 1.54) is 25.7 Å². The number of nitrogens with one attached hydrogen (secondary N) is 1. The van der Waals surface area contributed by atoms with Crippen LogP contribution in [-0.2, 0) is 6.54 Å². The number of hydrogen-bond donors (Lipinski definition) is 1. The third kappa shape index (κ3) is 5.37. The number of aromatic amines is 1. The topological polar surface area (TPSA) is 109 Å². The van der Waals surface area contributed by atoms with Gasteiger partial charge in [-0.15, -0.1) is 0 Å². The molecular weight excluding hydrogens is 540 g/mol. The molecule has 1 aliphatic heterocycles. The number of fused-ring (bicyclic) bond motifs is 1. The molecule has 1 saturated heterocycles. The predicted molar refractivity (Wildman–Crippen MR) is 161 cm³/mol. The zero-order chi connectivity index (χ0) is 28.8. The van der Waals surface area contributed by atoms with Crippen molar-refractivity contribution in [3.63, 3.8) is 0 Å². The van der Waals surface area contributed by atoms with Gasteiger partial charge in [0.15, 0.2) is 0 Å². The van der Waals surface area contributed by atoms with E-state index in [9.17, 15) is 4.79 Å². The minimum atomic E-state index is -0.636. The molecule has 2 atom stereocenters. The number of halogens is 1. The van der Waals surface area contributed by atoms with Crippen LogP contribution in [0.3, 0.4) is 0 Å². The smallest absolute Gasteiger partial charge is 0.371 e. The van der Waals surface area contributed by atoms with Crippen molar-refractivity contribution in [2.45, 2.75) is 72.0 Å². The van der Waals surface area contributed by atoms with Crippen LogP contribution in [-0.4, -0.2) is 59.7 Å². The maximum Gasteiger partial charge on any atom is 0.439 e. The minimum Gasteiger partial charge on any atom is -0.371 e. The summed E-state index contributed by atoms with van der Waals surface area (Å²) in [6.07, 6.45) is 8.23. The van der Waals surface area contributed by atoms with E-state index in [0.29, 0.717) is 22.3 Å². The van der Waals surface area contributed by atoms with E-state index < -0.39 is 5.76 Å². The average molecular weight is 577 g/mol. The van der Waals surface area contributed by atoms with Crippen molar-refractivity contribution in [3.8, 4) is 22.8 Å². The first-order valence-electron chi connectivity index (χ1n) is 14.4. The van der Waals surface area contributed by atoms with E-state index in [1.807, 2.05) is 12.1 Å². The van der Waals surface area contributed by atoms with E-state index in [4.69, 9.17) is 26.1 Å². The largest absolute Gasteiger partial charge is 0.439 e. The molecule has 1 aliphatic carbocycles. The lowest BCUT2D eigenvalue weighted by molar-refractivity contribution is 0.240. The van der Waals surface area contributed by atoms with Gasteiger partial charge in [-0.25, -0.2) is 14.8 Å². The Morgan fingerprint density at radius 1 is 1.10 bits per heavy atom. The quantitative estimate of drug-likeness (QED) is 0.309. The molecule has 216 valence electrons. The van der Waals surface area contributed by atoms with Crippen LogP contribution >= 0.6 is 11.6 Å². The van der Waals surface area contributed by atoms with Gasteiger partial charge in [-0.05, 0) is 57.6 Å². The molecule has 5 heterocycles. The van der Waals surface area contributed by atoms with Gasteiger partial charge in [0.1, 0.15) is 5.69 Å². The van der Waals surface area contributed by atoms with E-state index in [-0.39, 0.29) is 17.9 Å². The van der Waals surface area contributed by atoms with E-state index in [1.54, 1.807) is 12.4 Å². The molecule has 0 spiro atoms. The molecular formula is C30H37ClN8O2. The number of nitrogens with zero attached hydrogens (tertiary/aromatic N) is 7. The molecule has 0 unspecified atom stereocenters. The van der Waals surface area contributed by atoms with Gasteiger partial charge in [-0.2, -0.15) is 0 Å². The number of anilines is 1. The molecule has 41 heavy (non-hydrogen) atoms. The fraction of sp³-hybridized carbons (Fsp3) is 0.500. The summed E-state index contributed by atoms with van der Waals surface area (Å²) in [6, 6.07) is 4.18. The third-order valence-electron chi connectivity index (χ3n) is 8.63. The predicted octanol–water partition coefficient (Wildman–Crippen LogP) is 5.75. The van der Waals surface area contributed by atoms with Gasteiger partial charge in [0.2, 0.25) is 11.8 Å². The molecule has 2 fully saturated rings. The second kappa shape index (κ2) is 11.0. The maximum absolute atomic E-state index is 11.8. The van der Waals surface area contributed by atoms with E-state index in [0.717, 1.165) is 53.8 Å². The second-order valence-electron chi connectivity index (χ2n) is 12.0. The standard InChI is InChI=1S/C30H37ClN8O2/c1-17(2)37-14-19(4)39(20(5)15-37)29-34-24-11-25(28-35-30(40)41-36-28)33-26(22-10-23(31)13-32-12-22)27(24)38(29)16-21-8-6-18(3)7-9-21/h10-13,18-21H,1,6-9,14-16H2,2-5H3,(H,35,36,40)/t18-,19-,20-,21-/m1/s1. The summed E-state index contributed by atoms with van der Waals surface area (Å²) >= 11 is 6.41. The van der Waals surface area contributed by atoms with Gasteiger partial charge in [0.05, 0.1) is 21.7 Å². The number of hydrogen-bond acceptors (Lipinski definition) is 8.